The van der Waals surface area contributed by atoms with Crippen molar-refractivity contribution < 1.29 is 0 Å². The van der Waals surface area contributed by atoms with Gasteiger partial charge in [-0.25, -0.2) is 4.98 Å². The normalized spacial score (nSPS) is 10.6. The van der Waals surface area contributed by atoms with Crippen molar-refractivity contribution in [2.45, 2.75) is 12.8 Å². The Hall–Kier alpha value is -2.67. The second-order valence-corrected chi connectivity index (χ2v) is 4.71. The second kappa shape index (κ2) is 5.14. The second-order valence-electron chi connectivity index (χ2n) is 4.71. The van der Waals surface area contributed by atoms with E-state index in [-0.39, 0.29) is 0 Å². The van der Waals surface area contributed by atoms with Crippen LogP contribution in [0.25, 0.3) is 22.4 Å². The van der Waals surface area contributed by atoms with Gasteiger partial charge in [0.05, 0.1) is 17.1 Å². The molecule has 0 atom stereocenters. The highest BCUT2D eigenvalue weighted by Crippen LogP contribution is 2.24. The van der Waals surface area contributed by atoms with Crippen LogP contribution in [0.4, 0.5) is 0 Å². The number of aryl methyl sites for hydroxylation is 2. The lowest BCUT2D eigenvalue weighted by Crippen LogP contribution is -1.92. The first-order valence-corrected chi connectivity index (χ1v) is 6.52. The molecule has 0 aliphatic carbocycles. The molecule has 3 rings (SSSR count). The highest BCUT2D eigenvalue weighted by atomic mass is 15.1. The minimum Gasteiger partial charge on any atom is -0.327 e. The monoisotopic (exact) mass is 262 g/mol. The number of aromatic nitrogens is 3. The largest absolute Gasteiger partial charge is 0.327 e. The molecule has 0 spiro atoms. The van der Waals surface area contributed by atoms with Gasteiger partial charge in [0.2, 0.25) is 0 Å². The van der Waals surface area contributed by atoms with Gasteiger partial charge in [0, 0.05) is 31.4 Å². The van der Waals surface area contributed by atoms with Crippen molar-refractivity contribution in [3.05, 3.63) is 48.3 Å². The first kappa shape index (κ1) is 12.4. The number of imidazole rings is 1. The number of hydrogen-bond acceptors (Lipinski definition) is 3. The van der Waals surface area contributed by atoms with Crippen LogP contribution >= 0.6 is 0 Å². The summed E-state index contributed by atoms with van der Waals surface area (Å²) in [5.74, 6) is 0.930. The average molecular weight is 262 g/mol. The SMILES string of the molecule is Cn1c(-c2ccncc2)nc2cc(CCC#N)ccc21. The zero-order valence-corrected chi connectivity index (χ0v) is 11.2. The van der Waals surface area contributed by atoms with Crippen molar-refractivity contribution in [1.29, 1.82) is 5.26 Å². The van der Waals surface area contributed by atoms with E-state index in [0.29, 0.717) is 6.42 Å². The molecule has 0 bridgehead atoms. The molecular weight excluding hydrogens is 248 g/mol. The van der Waals surface area contributed by atoms with Gasteiger partial charge in [0.25, 0.3) is 0 Å². The maximum Gasteiger partial charge on any atom is 0.140 e. The van der Waals surface area contributed by atoms with Crippen LogP contribution in [-0.2, 0) is 13.5 Å². The number of benzene rings is 1. The number of pyridine rings is 1. The molecule has 4 nitrogen and oxygen atoms in total. The summed E-state index contributed by atoms with van der Waals surface area (Å²) in [6.45, 7) is 0. The molecular formula is C16H14N4. The van der Waals surface area contributed by atoms with Crippen LogP contribution in [0.15, 0.2) is 42.7 Å². The lowest BCUT2D eigenvalue weighted by molar-refractivity contribution is 0.958. The molecule has 2 aromatic heterocycles. The van der Waals surface area contributed by atoms with Crippen LogP contribution in [-0.4, -0.2) is 14.5 Å². The summed E-state index contributed by atoms with van der Waals surface area (Å²) in [5.41, 5.74) is 4.27. The lowest BCUT2D eigenvalue weighted by Gasteiger charge is -2.01. The van der Waals surface area contributed by atoms with E-state index in [1.54, 1.807) is 12.4 Å². The highest BCUT2D eigenvalue weighted by Gasteiger charge is 2.09. The van der Waals surface area contributed by atoms with Gasteiger partial charge in [-0.2, -0.15) is 5.26 Å². The van der Waals surface area contributed by atoms with E-state index in [0.717, 1.165) is 34.4 Å². The molecule has 0 saturated heterocycles. The number of nitrogens with zero attached hydrogens (tertiary/aromatic N) is 4. The van der Waals surface area contributed by atoms with E-state index in [9.17, 15) is 0 Å². The predicted octanol–water partition coefficient (Wildman–Crippen LogP) is 3.09. The van der Waals surface area contributed by atoms with Gasteiger partial charge >= 0.3 is 0 Å². The fraction of sp³-hybridized carbons (Fsp3) is 0.188. The molecule has 0 aliphatic rings. The number of hydrogen-bond donors (Lipinski definition) is 0. The van der Waals surface area contributed by atoms with Gasteiger partial charge in [-0.3, -0.25) is 4.98 Å². The standard InChI is InChI=1S/C16H14N4/c1-20-15-5-4-12(3-2-8-17)11-14(15)19-16(20)13-6-9-18-10-7-13/h4-7,9-11H,2-3H2,1H3. The van der Waals surface area contributed by atoms with Crippen molar-refractivity contribution in [2.24, 2.45) is 7.05 Å². The first-order chi connectivity index (χ1) is 9.79. The minimum absolute atomic E-state index is 0.537. The van der Waals surface area contributed by atoms with E-state index in [1.807, 2.05) is 19.2 Å². The van der Waals surface area contributed by atoms with Crippen LogP contribution < -0.4 is 0 Å². The van der Waals surface area contributed by atoms with Crippen molar-refractivity contribution in [3.63, 3.8) is 0 Å². The zero-order chi connectivity index (χ0) is 13.9. The number of nitriles is 1. The highest BCUT2D eigenvalue weighted by molar-refractivity contribution is 5.81. The Morgan fingerprint density at radius 3 is 2.75 bits per heavy atom. The van der Waals surface area contributed by atoms with Gasteiger partial charge < -0.3 is 4.57 Å². The summed E-state index contributed by atoms with van der Waals surface area (Å²) in [6.07, 6.45) is 4.85. The maximum absolute atomic E-state index is 8.66. The molecule has 3 aromatic rings. The van der Waals surface area contributed by atoms with Gasteiger partial charge in [-0.15, -0.1) is 0 Å². The van der Waals surface area contributed by atoms with Crippen molar-refractivity contribution in [3.8, 4) is 17.5 Å². The van der Waals surface area contributed by atoms with E-state index in [2.05, 4.69) is 33.8 Å². The summed E-state index contributed by atoms with van der Waals surface area (Å²) in [4.78, 5) is 8.74. The molecule has 1 aromatic carbocycles. The Morgan fingerprint density at radius 2 is 2.00 bits per heavy atom. The fourth-order valence-corrected chi connectivity index (χ4v) is 2.36. The maximum atomic E-state index is 8.66. The molecule has 2 heterocycles. The van der Waals surface area contributed by atoms with Gasteiger partial charge in [-0.05, 0) is 36.2 Å². The molecule has 98 valence electrons. The Labute approximate surface area is 117 Å². The van der Waals surface area contributed by atoms with Crippen molar-refractivity contribution in [2.75, 3.05) is 0 Å². The predicted molar refractivity (Wildman–Crippen MR) is 77.9 cm³/mol. The Kier molecular flexibility index (Phi) is 3.18. The average Bonchev–Trinajstić information content (AvgIpc) is 2.83. The molecule has 0 aliphatic heterocycles. The lowest BCUT2D eigenvalue weighted by atomic mass is 10.1. The molecule has 0 fully saturated rings. The van der Waals surface area contributed by atoms with Crippen LogP contribution in [0.1, 0.15) is 12.0 Å². The van der Waals surface area contributed by atoms with E-state index >= 15 is 0 Å². The molecule has 0 saturated carbocycles. The topological polar surface area (TPSA) is 54.5 Å². The Morgan fingerprint density at radius 1 is 1.20 bits per heavy atom. The van der Waals surface area contributed by atoms with Crippen molar-refractivity contribution in [1.82, 2.24) is 14.5 Å². The van der Waals surface area contributed by atoms with Crippen LogP contribution in [0.2, 0.25) is 0 Å². The van der Waals surface area contributed by atoms with Gasteiger partial charge in [0.1, 0.15) is 5.82 Å². The molecule has 0 radical (unpaired) electrons. The molecule has 20 heavy (non-hydrogen) atoms. The smallest absolute Gasteiger partial charge is 0.140 e. The number of rotatable bonds is 3. The van der Waals surface area contributed by atoms with Gasteiger partial charge in [-0.1, -0.05) is 6.07 Å². The summed E-state index contributed by atoms with van der Waals surface area (Å²) in [6, 6.07) is 12.3. The summed E-state index contributed by atoms with van der Waals surface area (Å²) in [5, 5.41) is 8.66. The molecule has 0 N–H and O–H groups in total. The number of fused-ring (bicyclic) bond motifs is 1. The molecule has 4 heteroatoms. The minimum atomic E-state index is 0.537. The third-order valence-corrected chi connectivity index (χ3v) is 3.41. The van der Waals surface area contributed by atoms with Gasteiger partial charge in [0.15, 0.2) is 0 Å². The molecule has 0 amide bonds. The summed E-state index contributed by atoms with van der Waals surface area (Å²) >= 11 is 0. The molecule has 0 unspecified atom stereocenters. The van der Waals surface area contributed by atoms with Crippen molar-refractivity contribution >= 4 is 11.0 Å². The summed E-state index contributed by atoms with van der Waals surface area (Å²) < 4.78 is 2.08. The Bertz CT molecular complexity index is 781. The van der Waals surface area contributed by atoms with E-state index in [1.165, 1.54) is 0 Å². The Balaban J connectivity index is 2.08. The van der Waals surface area contributed by atoms with Crippen LogP contribution in [0.3, 0.4) is 0 Å². The third-order valence-electron chi connectivity index (χ3n) is 3.41. The zero-order valence-electron chi connectivity index (χ0n) is 11.2. The fourth-order valence-electron chi connectivity index (χ4n) is 2.36. The van der Waals surface area contributed by atoms with Crippen LogP contribution in [0.5, 0.6) is 0 Å². The van der Waals surface area contributed by atoms with E-state index in [4.69, 9.17) is 10.2 Å². The summed E-state index contributed by atoms with van der Waals surface area (Å²) in [7, 11) is 2.01. The van der Waals surface area contributed by atoms with E-state index < -0.39 is 0 Å². The van der Waals surface area contributed by atoms with Crippen LogP contribution in [0, 0.1) is 11.3 Å². The first-order valence-electron chi connectivity index (χ1n) is 6.52. The quantitative estimate of drug-likeness (QED) is 0.728. The third kappa shape index (κ3) is 2.14.